The van der Waals surface area contributed by atoms with Crippen LogP contribution in [0.1, 0.15) is 19.8 Å². The lowest BCUT2D eigenvalue weighted by molar-refractivity contribution is 0.363. The Labute approximate surface area is 149 Å². The van der Waals surface area contributed by atoms with Crippen molar-refractivity contribution in [1.82, 2.24) is 20.2 Å². The van der Waals surface area contributed by atoms with Gasteiger partial charge >= 0.3 is 0 Å². The monoisotopic (exact) mass is 360 g/mol. The molecule has 0 atom stereocenters. The van der Waals surface area contributed by atoms with Gasteiger partial charge in [-0.3, -0.25) is 5.10 Å². The average Bonchev–Trinajstić information content (AvgIpc) is 3.00. The van der Waals surface area contributed by atoms with Crippen molar-refractivity contribution in [1.29, 1.82) is 0 Å². The second-order valence-electron chi connectivity index (χ2n) is 6.76. The van der Waals surface area contributed by atoms with Crippen LogP contribution in [0, 0.1) is 5.82 Å². The molecule has 6 nitrogen and oxygen atoms in total. The van der Waals surface area contributed by atoms with Crippen LogP contribution >= 0.6 is 11.6 Å². The molecule has 1 saturated heterocycles. The van der Waals surface area contributed by atoms with Gasteiger partial charge in [-0.15, -0.1) is 0 Å². The fourth-order valence-corrected chi connectivity index (χ4v) is 3.23. The van der Waals surface area contributed by atoms with Crippen LogP contribution in [0.2, 0.25) is 5.02 Å². The Balaban J connectivity index is 1.69. The SMILES string of the molecule is CC1(N)CCN(c2cnc3c(-c4cc(Cl)ccc4F)n[nH]c3n2)CC1. The zero-order valence-electron chi connectivity index (χ0n) is 13.8. The summed E-state index contributed by atoms with van der Waals surface area (Å²) in [5.74, 6) is 0.367. The molecule has 0 spiro atoms. The molecule has 3 heterocycles. The molecule has 0 radical (unpaired) electrons. The molecule has 3 N–H and O–H groups in total. The normalized spacial score (nSPS) is 17.2. The number of rotatable bonds is 2. The Morgan fingerprint density at radius 3 is 2.84 bits per heavy atom. The number of aromatic amines is 1. The minimum atomic E-state index is -0.401. The van der Waals surface area contributed by atoms with E-state index >= 15 is 0 Å². The van der Waals surface area contributed by atoms with E-state index in [9.17, 15) is 4.39 Å². The van der Waals surface area contributed by atoms with Gasteiger partial charge in [0, 0.05) is 29.2 Å². The smallest absolute Gasteiger partial charge is 0.177 e. The molecule has 3 aromatic rings. The molecule has 2 aromatic heterocycles. The highest BCUT2D eigenvalue weighted by Gasteiger charge is 2.27. The van der Waals surface area contributed by atoms with Crippen LogP contribution in [-0.2, 0) is 0 Å². The maximum absolute atomic E-state index is 14.1. The van der Waals surface area contributed by atoms with E-state index in [1.54, 1.807) is 6.20 Å². The number of aromatic nitrogens is 4. The van der Waals surface area contributed by atoms with Gasteiger partial charge in [-0.2, -0.15) is 5.10 Å². The van der Waals surface area contributed by atoms with Crippen LogP contribution in [0.25, 0.3) is 22.4 Å². The summed E-state index contributed by atoms with van der Waals surface area (Å²) < 4.78 is 14.1. The van der Waals surface area contributed by atoms with E-state index in [-0.39, 0.29) is 5.54 Å². The number of hydrogen-bond donors (Lipinski definition) is 2. The van der Waals surface area contributed by atoms with Gasteiger partial charge in [-0.25, -0.2) is 14.4 Å². The number of halogens is 2. The molecule has 1 aliphatic rings. The molecule has 8 heteroatoms. The van der Waals surface area contributed by atoms with Gasteiger partial charge in [-0.05, 0) is 38.0 Å². The highest BCUT2D eigenvalue weighted by atomic mass is 35.5. The molecule has 0 amide bonds. The minimum Gasteiger partial charge on any atom is -0.355 e. The molecule has 1 fully saturated rings. The Kier molecular flexibility index (Phi) is 3.85. The Morgan fingerprint density at radius 1 is 1.32 bits per heavy atom. The van der Waals surface area contributed by atoms with Crippen molar-refractivity contribution in [2.24, 2.45) is 5.73 Å². The first-order valence-corrected chi connectivity index (χ1v) is 8.51. The van der Waals surface area contributed by atoms with E-state index in [4.69, 9.17) is 17.3 Å². The van der Waals surface area contributed by atoms with Crippen molar-refractivity contribution in [3.05, 3.63) is 35.2 Å². The van der Waals surface area contributed by atoms with Crippen molar-refractivity contribution < 1.29 is 4.39 Å². The summed E-state index contributed by atoms with van der Waals surface area (Å²) in [5, 5.41) is 7.47. The third-order valence-electron chi connectivity index (χ3n) is 4.67. The molecule has 0 unspecified atom stereocenters. The maximum Gasteiger partial charge on any atom is 0.177 e. The van der Waals surface area contributed by atoms with Crippen LogP contribution in [0.15, 0.2) is 24.4 Å². The highest BCUT2D eigenvalue weighted by Crippen LogP contribution is 2.30. The van der Waals surface area contributed by atoms with Crippen molar-refractivity contribution in [3.63, 3.8) is 0 Å². The molecule has 130 valence electrons. The van der Waals surface area contributed by atoms with Crippen molar-refractivity contribution in [2.75, 3.05) is 18.0 Å². The Morgan fingerprint density at radius 2 is 2.08 bits per heavy atom. The third-order valence-corrected chi connectivity index (χ3v) is 4.91. The maximum atomic E-state index is 14.1. The van der Waals surface area contributed by atoms with E-state index in [2.05, 4.69) is 32.0 Å². The zero-order chi connectivity index (χ0) is 17.6. The van der Waals surface area contributed by atoms with Gasteiger partial charge in [0.05, 0.1) is 6.20 Å². The summed E-state index contributed by atoms with van der Waals surface area (Å²) in [4.78, 5) is 11.2. The summed E-state index contributed by atoms with van der Waals surface area (Å²) in [6.45, 7) is 3.73. The number of nitrogens with one attached hydrogen (secondary N) is 1. The lowest BCUT2D eigenvalue weighted by Crippen LogP contribution is -2.48. The Bertz CT molecular complexity index is 928. The predicted molar refractivity (Wildman–Crippen MR) is 96.1 cm³/mol. The van der Waals surface area contributed by atoms with Crippen molar-refractivity contribution in [2.45, 2.75) is 25.3 Å². The first kappa shape index (κ1) is 16.2. The molecule has 0 bridgehead atoms. The van der Waals surface area contributed by atoms with Crippen LogP contribution in [0.4, 0.5) is 10.2 Å². The van der Waals surface area contributed by atoms with Gasteiger partial charge < -0.3 is 10.6 Å². The van der Waals surface area contributed by atoms with E-state index in [0.717, 1.165) is 31.7 Å². The van der Waals surface area contributed by atoms with Crippen LogP contribution in [0.5, 0.6) is 0 Å². The number of H-pyrrole nitrogens is 1. The van der Waals surface area contributed by atoms with E-state index in [1.165, 1.54) is 18.2 Å². The average molecular weight is 361 g/mol. The quantitative estimate of drug-likeness (QED) is 0.733. The molecule has 1 aliphatic heterocycles. The van der Waals surface area contributed by atoms with Crippen LogP contribution < -0.4 is 10.6 Å². The number of anilines is 1. The van der Waals surface area contributed by atoms with Gasteiger partial charge in [0.1, 0.15) is 22.8 Å². The number of fused-ring (bicyclic) bond motifs is 1. The number of nitrogens with zero attached hydrogens (tertiary/aromatic N) is 4. The predicted octanol–water partition coefficient (Wildman–Crippen LogP) is 3.13. The van der Waals surface area contributed by atoms with Gasteiger partial charge in [0.25, 0.3) is 0 Å². The summed E-state index contributed by atoms with van der Waals surface area (Å²) in [7, 11) is 0. The fourth-order valence-electron chi connectivity index (χ4n) is 3.06. The lowest BCUT2D eigenvalue weighted by Gasteiger charge is -2.37. The van der Waals surface area contributed by atoms with E-state index in [1.807, 2.05) is 0 Å². The van der Waals surface area contributed by atoms with Gasteiger partial charge in [-0.1, -0.05) is 11.6 Å². The second kappa shape index (κ2) is 5.93. The van der Waals surface area contributed by atoms with Crippen LogP contribution in [0.3, 0.4) is 0 Å². The van der Waals surface area contributed by atoms with Crippen LogP contribution in [-0.4, -0.2) is 38.8 Å². The summed E-state index contributed by atoms with van der Waals surface area (Å²) >= 11 is 5.98. The topological polar surface area (TPSA) is 83.7 Å². The van der Waals surface area contributed by atoms with Crippen molar-refractivity contribution in [3.8, 4) is 11.3 Å². The molecule has 4 rings (SSSR count). The summed E-state index contributed by atoms with van der Waals surface area (Å²) in [5.41, 5.74) is 7.80. The first-order chi connectivity index (χ1) is 11.9. The number of nitrogens with two attached hydrogens (primary N) is 1. The number of hydrogen-bond acceptors (Lipinski definition) is 5. The largest absolute Gasteiger partial charge is 0.355 e. The number of piperidine rings is 1. The molecule has 25 heavy (non-hydrogen) atoms. The highest BCUT2D eigenvalue weighted by molar-refractivity contribution is 6.30. The first-order valence-electron chi connectivity index (χ1n) is 8.13. The molecule has 0 saturated carbocycles. The van der Waals surface area contributed by atoms with Gasteiger partial charge in [0.2, 0.25) is 0 Å². The lowest BCUT2D eigenvalue weighted by atomic mass is 9.91. The molecule has 0 aliphatic carbocycles. The summed E-state index contributed by atoms with van der Waals surface area (Å²) in [6, 6.07) is 4.35. The summed E-state index contributed by atoms with van der Waals surface area (Å²) in [6.07, 6.45) is 3.49. The van der Waals surface area contributed by atoms with Gasteiger partial charge in [0.15, 0.2) is 5.65 Å². The minimum absolute atomic E-state index is 0.126. The second-order valence-corrected chi connectivity index (χ2v) is 7.20. The van der Waals surface area contributed by atoms with Crippen molar-refractivity contribution >= 4 is 28.6 Å². The standard InChI is InChI=1S/C17H18ClFN6/c1-17(20)4-6-25(7-5-17)13-9-21-15-14(23-24-16(15)22-13)11-8-10(18)2-3-12(11)19/h2-3,8-9H,4-7,20H2,1H3,(H,22,23,24). The van der Waals surface area contributed by atoms with E-state index < -0.39 is 5.82 Å². The van der Waals surface area contributed by atoms with E-state index in [0.29, 0.717) is 27.4 Å². The Hall–Kier alpha value is -2.25. The zero-order valence-corrected chi connectivity index (χ0v) is 14.5. The molecular weight excluding hydrogens is 343 g/mol. The molecule has 1 aromatic carbocycles. The number of benzene rings is 1. The third kappa shape index (κ3) is 3.05. The molecular formula is C17H18ClFN6. The fraction of sp³-hybridized carbons (Fsp3) is 0.353.